The van der Waals surface area contributed by atoms with Crippen LogP contribution in [0, 0.1) is 0 Å². The first-order chi connectivity index (χ1) is 28.2. The Hall–Kier alpha value is -6.37. The van der Waals surface area contributed by atoms with Gasteiger partial charge in [0, 0.05) is 60.4 Å². The highest BCUT2D eigenvalue weighted by Gasteiger charge is 2.40. The van der Waals surface area contributed by atoms with Crippen molar-refractivity contribution in [1.29, 1.82) is 0 Å². The molecule has 0 saturated heterocycles. The molecule has 0 spiro atoms. The summed E-state index contributed by atoms with van der Waals surface area (Å²) in [7, 11) is 0. The summed E-state index contributed by atoms with van der Waals surface area (Å²) in [5, 5.41) is 2.45. The van der Waals surface area contributed by atoms with Crippen LogP contribution in [0.1, 0.15) is 18.1 Å². The lowest BCUT2D eigenvalue weighted by Crippen LogP contribution is -2.24. The van der Waals surface area contributed by atoms with Gasteiger partial charge in [-0.1, -0.05) is 138 Å². The molecular weight excluding hydrogens is 806 g/mol. The average Bonchev–Trinajstić information content (AvgIpc) is 3.75. The summed E-state index contributed by atoms with van der Waals surface area (Å²) in [6.45, 7) is 2.13. The SMILES string of the molecule is C/C=C/C1(CI)c2ccccc2-c2cc(N(c3ccc(N(c4ccccc4)c4ccccc4)cc3)c3ccc4c(c3)c3ccccc3n4-c3ccccc3)ccc21. The zero-order chi connectivity index (χ0) is 38.3. The molecule has 0 aliphatic heterocycles. The summed E-state index contributed by atoms with van der Waals surface area (Å²) in [6.07, 6.45) is 4.60. The van der Waals surface area contributed by atoms with Crippen molar-refractivity contribution in [2.45, 2.75) is 12.3 Å². The minimum Gasteiger partial charge on any atom is -0.311 e. The average molecular weight is 846 g/mol. The molecule has 1 atom stereocenters. The molecule has 1 heterocycles. The smallest absolute Gasteiger partial charge is 0.0542 e. The number of alkyl halides is 1. The van der Waals surface area contributed by atoms with Crippen LogP contribution in [0.5, 0.6) is 0 Å². The van der Waals surface area contributed by atoms with Crippen molar-refractivity contribution >= 4 is 78.5 Å². The third-order valence-electron chi connectivity index (χ3n) is 11.4. The summed E-state index contributed by atoms with van der Waals surface area (Å²) in [6, 6.07) is 72.7. The van der Waals surface area contributed by atoms with E-state index in [1.165, 1.54) is 44.1 Å². The van der Waals surface area contributed by atoms with Gasteiger partial charge in [0.15, 0.2) is 0 Å². The fourth-order valence-electron chi connectivity index (χ4n) is 8.94. The zero-order valence-corrected chi connectivity index (χ0v) is 33.8. The van der Waals surface area contributed by atoms with Crippen LogP contribution in [-0.4, -0.2) is 8.99 Å². The maximum absolute atomic E-state index is 2.57. The normalized spacial score (nSPS) is 14.6. The Morgan fingerprint density at radius 3 is 1.61 bits per heavy atom. The van der Waals surface area contributed by atoms with Gasteiger partial charge in [-0.05, 0) is 126 Å². The molecule has 1 aliphatic rings. The number of rotatable bonds is 9. The van der Waals surface area contributed by atoms with Crippen LogP contribution in [0.2, 0.25) is 0 Å². The number of hydrogen-bond donors (Lipinski definition) is 0. The van der Waals surface area contributed by atoms with Gasteiger partial charge in [0.1, 0.15) is 0 Å². The lowest BCUT2D eigenvalue weighted by Gasteiger charge is -2.29. The van der Waals surface area contributed by atoms with Crippen LogP contribution >= 0.6 is 22.6 Å². The van der Waals surface area contributed by atoms with E-state index in [1.54, 1.807) is 0 Å². The predicted octanol–water partition coefficient (Wildman–Crippen LogP) is 15.0. The molecule has 0 fully saturated rings. The second-order valence-corrected chi connectivity index (χ2v) is 15.4. The number of fused-ring (bicyclic) bond motifs is 6. The van der Waals surface area contributed by atoms with E-state index in [0.29, 0.717) is 0 Å². The Kier molecular flexibility index (Phi) is 8.99. The third kappa shape index (κ3) is 5.86. The first kappa shape index (κ1) is 35.1. The monoisotopic (exact) mass is 845 g/mol. The maximum Gasteiger partial charge on any atom is 0.0542 e. The van der Waals surface area contributed by atoms with Crippen LogP contribution in [-0.2, 0) is 5.41 Å². The standard InChI is InChI=1S/C53H40IN3/c1-2-34-53(37-54)49-24-14-12-22-45(49)47-35-43(30-32-50(47)53)56(42-28-26-41(27-29-42)55(38-16-6-3-7-17-38)39-18-8-4-9-19-39)44-31-33-52-48(36-44)46-23-13-15-25-51(46)57(52)40-20-10-5-11-21-40/h2-36H,37H2,1H3/b34-2+. The number of para-hydroxylation sites is 4. The first-order valence-corrected chi connectivity index (χ1v) is 21.0. The van der Waals surface area contributed by atoms with Crippen molar-refractivity contribution in [1.82, 2.24) is 4.57 Å². The Morgan fingerprint density at radius 1 is 0.456 bits per heavy atom. The van der Waals surface area contributed by atoms with Gasteiger partial charge in [0.05, 0.1) is 11.0 Å². The van der Waals surface area contributed by atoms with Crippen molar-refractivity contribution in [3.8, 4) is 16.8 Å². The molecule has 0 saturated carbocycles. The van der Waals surface area contributed by atoms with Gasteiger partial charge in [-0.25, -0.2) is 0 Å². The maximum atomic E-state index is 2.57. The summed E-state index contributed by atoms with van der Waals surface area (Å²) >= 11 is 2.57. The summed E-state index contributed by atoms with van der Waals surface area (Å²) in [5.74, 6) is 0. The molecule has 0 bridgehead atoms. The number of nitrogens with zero attached hydrogens (tertiary/aromatic N) is 3. The highest BCUT2D eigenvalue weighted by Crippen LogP contribution is 2.53. The van der Waals surface area contributed by atoms with Crippen molar-refractivity contribution in [3.05, 3.63) is 223 Å². The Balaban J connectivity index is 1.17. The van der Waals surface area contributed by atoms with Gasteiger partial charge < -0.3 is 14.4 Å². The van der Waals surface area contributed by atoms with Crippen molar-refractivity contribution in [2.24, 2.45) is 0 Å². The van der Waals surface area contributed by atoms with Gasteiger partial charge in [0.2, 0.25) is 0 Å². The van der Waals surface area contributed by atoms with Crippen LogP contribution in [0.15, 0.2) is 212 Å². The molecule has 1 aromatic heterocycles. The lowest BCUT2D eigenvalue weighted by molar-refractivity contribution is 0.772. The molecule has 10 rings (SSSR count). The van der Waals surface area contributed by atoms with Crippen molar-refractivity contribution in [3.63, 3.8) is 0 Å². The minimum atomic E-state index is -0.164. The van der Waals surface area contributed by atoms with Gasteiger partial charge in [-0.15, -0.1) is 0 Å². The fourth-order valence-corrected chi connectivity index (χ4v) is 10.0. The summed E-state index contributed by atoms with van der Waals surface area (Å²) in [4.78, 5) is 4.74. The Labute approximate surface area is 347 Å². The molecule has 57 heavy (non-hydrogen) atoms. The summed E-state index contributed by atoms with van der Waals surface area (Å²) in [5.41, 5.74) is 15.3. The molecule has 0 N–H and O–H groups in total. The molecular formula is C53H40IN3. The number of aromatic nitrogens is 1. The second kappa shape index (κ2) is 14.6. The molecule has 4 heteroatoms. The lowest BCUT2D eigenvalue weighted by atomic mass is 9.80. The van der Waals surface area contributed by atoms with Crippen LogP contribution in [0.3, 0.4) is 0 Å². The van der Waals surface area contributed by atoms with E-state index < -0.39 is 0 Å². The van der Waals surface area contributed by atoms with Gasteiger partial charge in [0.25, 0.3) is 0 Å². The van der Waals surface area contributed by atoms with Gasteiger partial charge in [-0.2, -0.15) is 0 Å². The Morgan fingerprint density at radius 2 is 0.947 bits per heavy atom. The van der Waals surface area contributed by atoms with Crippen LogP contribution in [0.25, 0.3) is 38.6 Å². The molecule has 1 unspecified atom stereocenters. The van der Waals surface area contributed by atoms with E-state index in [4.69, 9.17) is 0 Å². The minimum absolute atomic E-state index is 0.164. The topological polar surface area (TPSA) is 11.4 Å². The van der Waals surface area contributed by atoms with E-state index in [2.05, 4.69) is 256 Å². The van der Waals surface area contributed by atoms with Crippen LogP contribution < -0.4 is 9.80 Å². The molecule has 9 aromatic rings. The third-order valence-corrected chi connectivity index (χ3v) is 12.6. The molecule has 0 amide bonds. The molecule has 8 aromatic carbocycles. The molecule has 3 nitrogen and oxygen atoms in total. The largest absolute Gasteiger partial charge is 0.311 e. The number of benzene rings is 8. The highest BCUT2D eigenvalue weighted by atomic mass is 127. The number of halogens is 1. The van der Waals surface area contributed by atoms with Crippen molar-refractivity contribution < 1.29 is 0 Å². The molecule has 0 radical (unpaired) electrons. The number of allylic oxidation sites excluding steroid dienone is 2. The number of anilines is 6. The van der Waals surface area contributed by atoms with Crippen LogP contribution in [0.4, 0.5) is 34.1 Å². The quantitative estimate of drug-likeness (QED) is 0.0815. The zero-order valence-electron chi connectivity index (χ0n) is 31.6. The van der Waals surface area contributed by atoms with E-state index in [-0.39, 0.29) is 5.41 Å². The fraction of sp³-hybridized carbons (Fsp3) is 0.0566. The van der Waals surface area contributed by atoms with Gasteiger partial charge in [-0.3, -0.25) is 0 Å². The molecule has 274 valence electrons. The number of hydrogen-bond acceptors (Lipinski definition) is 2. The van der Waals surface area contributed by atoms with E-state index in [0.717, 1.165) is 44.2 Å². The highest BCUT2D eigenvalue weighted by molar-refractivity contribution is 14.1. The second-order valence-electron chi connectivity index (χ2n) is 14.6. The van der Waals surface area contributed by atoms with E-state index in [9.17, 15) is 0 Å². The Bertz CT molecular complexity index is 2860. The van der Waals surface area contributed by atoms with Gasteiger partial charge >= 0.3 is 0 Å². The van der Waals surface area contributed by atoms with E-state index >= 15 is 0 Å². The summed E-state index contributed by atoms with van der Waals surface area (Å²) < 4.78 is 3.34. The van der Waals surface area contributed by atoms with E-state index in [1.807, 2.05) is 0 Å². The molecule has 1 aliphatic carbocycles. The predicted molar refractivity (Wildman–Crippen MR) is 250 cm³/mol. The first-order valence-electron chi connectivity index (χ1n) is 19.5. The van der Waals surface area contributed by atoms with Crippen molar-refractivity contribution in [2.75, 3.05) is 14.2 Å².